The molecule has 0 unspecified atom stereocenters. The predicted octanol–water partition coefficient (Wildman–Crippen LogP) is 4.05. The molecule has 1 aromatic heterocycles. The molecule has 0 aliphatic carbocycles. The summed E-state index contributed by atoms with van der Waals surface area (Å²) in [4.78, 5) is 24.7. The fourth-order valence-corrected chi connectivity index (χ4v) is 3.07. The highest BCUT2D eigenvalue weighted by molar-refractivity contribution is 5.91. The summed E-state index contributed by atoms with van der Waals surface area (Å²) in [5.74, 6) is -0.0579. The van der Waals surface area contributed by atoms with E-state index in [4.69, 9.17) is 9.15 Å². The highest BCUT2D eigenvalue weighted by atomic mass is 16.5. The Morgan fingerprint density at radius 2 is 1.86 bits per heavy atom. The number of nitrogens with zero attached hydrogens (tertiary/aromatic N) is 1. The van der Waals surface area contributed by atoms with Crippen LogP contribution in [0, 0.1) is 0 Å². The van der Waals surface area contributed by atoms with E-state index >= 15 is 0 Å². The van der Waals surface area contributed by atoms with Crippen LogP contribution in [0.15, 0.2) is 51.7 Å². The monoisotopic (exact) mass is 379 g/mol. The fourth-order valence-electron chi connectivity index (χ4n) is 3.07. The second kappa shape index (κ2) is 8.43. The first-order valence-electron chi connectivity index (χ1n) is 9.00. The van der Waals surface area contributed by atoms with Crippen molar-refractivity contribution in [2.75, 3.05) is 18.0 Å². The van der Waals surface area contributed by atoms with Crippen LogP contribution in [0.5, 0.6) is 11.5 Å². The normalized spacial score (nSPS) is 11.1. The lowest BCUT2D eigenvalue weighted by Gasteiger charge is -2.21. The lowest BCUT2D eigenvalue weighted by molar-refractivity contribution is -0.120. The van der Waals surface area contributed by atoms with E-state index in [1.807, 2.05) is 18.2 Å². The Morgan fingerprint density at radius 1 is 1.07 bits per heavy atom. The van der Waals surface area contributed by atoms with Gasteiger partial charge in [0.25, 0.3) is 6.47 Å². The molecule has 1 heterocycles. The van der Waals surface area contributed by atoms with Crippen molar-refractivity contribution in [1.29, 1.82) is 0 Å². The molecule has 6 nitrogen and oxygen atoms in total. The molecule has 0 bridgehead atoms. The Morgan fingerprint density at radius 3 is 2.57 bits per heavy atom. The highest BCUT2D eigenvalue weighted by Crippen LogP contribution is 2.28. The van der Waals surface area contributed by atoms with Crippen molar-refractivity contribution in [3.05, 3.63) is 64.0 Å². The number of aromatic hydroxyl groups is 1. The van der Waals surface area contributed by atoms with Crippen molar-refractivity contribution in [3.8, 4) is 11.5 Å². The van der Waals surface area contributed by atoms with E-state index < -0.39 is 5.63 Å². The van der Waals surface area contributed by atoms with Crippen LogP contribution in [0.25, 0.3) is 23.1 Å². The Bertz CT molecular complexity index is 1080. The quantitative estimate of drug-likeness (QED) is 0.493. The number of phenols is 1. The van der Waals surface area contributed by atoms with Crippen LogP contribution in [0.3, 0.4) is 0 Å². The Hall–Kier alpha value is -3.54. The molecule has 1 N–H and O–H groups in total. The number of fused-ring (bicyclic) bond motifs is 1. The number of carbonyl (C=O) groups excluding carboxylic acids is 1. The van der Waals surface area contributed by atoms with Gasteiger partial charge in [0.2, 0.25) is 0 Å². The zero-order chi connectivity index (χ0) is 20.1. The van der Waals surface area contributed by atoms with Crippen molar-refractivity contribution in [1.82, 2.24) is 0 Å². The molecule has 0 aliphatic heterocycles. The summed E-state index contributed by atoms with van der Waals surface area (Å²) >= 11 is 0. The van der Waals surface area contributed by atoms with Crippen LogP contribution in [0.2, 0.25) is 0 Å². The van der Waals surface area contributed by atoms with Crippen molar-refractivity contribution >= 4 is 35.3 Å². The first-order valence-corrected chi connectivity index (χ1v) is 9.00. The van der Waals surface area contributed by atoms with Gasteiger partial charge in [0, 0.05) is 36.3 Å². The molecule has 0 radical (unpaired) electrons. The van der Waals surface area contributed by atoms with E-state index in [9.17, 15) is 14.7 Å². The third kappa shape index (κ3) is 4.06. The molecule has 0 aliphatic rings. The van der Waals surface area contributed by atoms with E-state index in [0.29, 0.717) is 16.7 Å². The molecule has 0 amide bonds. The minimum absolute atomic E-state index is 0.0680. The van der Waals surface area contributed by atoms with Crippen LogP contribution in [-0.4, -0.2) is 24.7 Å². The summed E-state index contributed by atoms with van der Waals surface area (Å²) in [6.45, 7) is 6.12. The number of hydrogen-bond acceptors (Lipinski definition) is 6. The third-order valence-corrected chi connectivity index (χ3v) is 4.50. The number of ether oxygens (including phenoxy) is 1. The Labute approximate surface area is 162 Å². The van der Waals surface area contributed by atoms with Crippen LogP contribution in [0.4, 0.5) is 5.69 Å². The van der Waals surface area contributed by atoms with E-state index in [1.54, 1.807) is 18.2 Å². The van der Waals surface area contributed by atoms with Gasteiger partial charge in [0.1, 0.15) is 5.58 Å². The molecule has 28 heavy (non-hydrogen) atoms. The molecule has 2 aromatic carbocycles. The maximum Gasteiger partial charge on any atom is 0.336 e. The summed E-state index contributed by atoms with van der Waals surface area (Å²) in [6.07, 6.45) is 3.55. The SMILES string of the molecule is CCN(CC)c1ccc2c(/C=C/c3ccc(O)c(OC=O)c3)cc(=O)oc2c1. The Balaban J connectivity index is 2.01. The maximum atomic E-state index is 12.0. The highest BCUT2D eigenvalue weighted by Gasteiger charge is 2.08. The van der Waals surface area contributed by atoms with Crippen LogP contribution < -0.4 is 15.3 Å². The van der Waals surface area contributed by atoms with Crippen molar-refractivity contribution in [2.24, 2.45) is 0 Å². The molecule has 0 fully saturated rings. The van der Waals surface area contributed by atoms with E-state index in [1.165, 1.54) is 18.2 Å². The number of rotatable bonds is 7. The average Bonchev–Trinajstić information content (AvgIpc) is 2.69. The van der Waals surface area contributed by atoms with Crippen LogP contribution >= 0.6 is 0 Å². The van der Waals surface area contributed by atoms with Gasteiger partial charge in [-0.2, -0.15) is 0 Å². The summed E-state index contributed by atoms with van der Waals surface area (Å²) in [7, 11) is 0. The maximum absolute atomic E-state index is 12.0. The van der Waals surface area contributed by atoms with Gasteiger partial charge >= 0.3 is 5.63 Å². The van der Waals surface area contributed by atoms with Gasteiger partial charge in [-0.3, -0.25) is 4.79 Å². The smallest absolute Gasteiger partial charge is 0.336 e. The number of benzene rings is 2. The van der Waals surface area contributed by atoms with E-state index in [0.717, 1.165) is 24.2 Å². The van der Waals surface area contributed by atoms with Gasteiger partial charge in [0.05, 0.1) is 0 Å². The molecule has 6 heteroatoms. The van der Waals surface area contributed by atoms with E-state index in [2.05, 4.69) is 18.7 Å². The van der Waals surface area contributed by atoms with Gasteiger partial charge in [-0.1, -0.05) is 18.2 Å². The Kier molecular flexibility index (Phi) is 5.79. The minimum Gasteiger partial charge on any atom is -0.504 e. The number of hydrogen-bond donors (Lipinski definition) is 1. The molecule has 0 saturated heterocycles. The van der Waals surface area contributed by atoms with Gasteiger partial charge in [0.15, 0.2) is 11.5 Å². The lowest BCUT2D eigenvalue weighted by Crippen LogP contribution is -2.21. The topological polar surface area (TPSA) is 80.0 Å². The van der Waals surface area contributed by atoms with Crippen molar-refractivity contribution in [3.63, 3.8) is 0 Å². The molecule has 3 aromatic rings. The molecule has 144 valence electrons. The molecular formula is C22H21NO5. The molecule has 3 rings (SSSR count). The summed E-state index contributed by atoms with van der Waals surface area (Å²) < 4.78 is 10.1. The molecular weight excluding hydrogens is 358 g/mol. The van der Waals surface area contributed by atoms with Crippen LogP contribution in [-0.2, 0) is 4.79 Å². The minimum atomic E-state index is -0.431. The predicted molar refractivity (Wildman–Crippen MR) is 110 cm³/mol. The number of phenolic OH excluding ortho intramolecular Hbond substituents is 1. The standard InChI is InChI=1S/C22H21NO5/c1-3-23(4-2)17-8-9-18-16(12-22(26)28-20(18)13-17)7-5-15-6-10-19(25)21(11-15)27-14-24/h5-14,25H,3-4H2,1-2H3/b7-5+. The summed E-state index contributed by atoms with van der Waals surface area (Å²) in [6, 6.07) is 11.9. The zero-order valence-electron chi connectivity index (χ0n) is 15.7. The first-order chi connectivity index (χ1) is 13.5. The average molecular weight is 379 g/mol. The zero-order valence-corrected chi connectivity index (χ0v) is 15.7. The molecule has 0 atom stereocenters. The lowest BCUT2D eigenvalue weighted by atomic mass is 10.1. The summed E-state index contributed by atoms with van der Waals surface area (Å²) in [5, 5.41) is 10.5. The van der Waals surface area contributed by atoms with Gasteiger partial charge in [-0.05, 0) is 49.2 Å². The first kappa shape index (κ1) is 19.2. The van der Waals surface area contributed by atoms with Gasteiger partial charge < -0.3 is 19.2 Å². The number of carbonyl (C=O) groups is 1. The molecule has 0 spiro atoms. The van der Waals surface area contributed by atoms with Crippen LogP contribution in [0.1, 0.15) is 25.0 Å². The molecule has 0 saturated carbocycles. The summed E-state index contributed by atoms with van der Waals surface area (Å²) in [5.41, 5.74) is 2.50. The second-order valence-corrected chi connectivity index (χ2v) is 6.15. The van der Waals surface area contributed by atoms with Crippen molar-refractivity contribution in [2.45, 2.75) is 13.8 Å². The second-order valence-electron chi connectivity index (χ2n) is 6.15. The van der Waals surface area contributed by atoms with Crippen molar-refractivity contribution < 1.29 is 19.1 Å². The van der Waals surface area contributed by atoms with E-state index in [-0.39, 0.29) is 18.0 Å². The largest absolute Gasteiger partial charge is 0.504 e. The van der Waals surface area contributed by atoms with Gasteiger partial charge in [-0.15, -0.1) is 0 Å². The number of anilines is 1. The fraction of sp³-hybridized carbons (Fsp3) is 0.182. The van der Waals surface area contributed by atoms with Gasteiger partial charge in [-0.25, -0.2) is 4.79 Å². The third-order valence-electron chi connectivity index (χ3n) is 4.50.